The van der Waals surface area contributed by atoms with Crippen molar-refractivity contribution in [1.82, 2.24) is 0 Å². The molecule has 0 aliphatic carbocycles. The van der Waals surface area contributed by atoms with E-state index in [0.717, 1.165) is 17.4 Å². The van der Waals surface area contributed by atoms with E-state index in [9.17, 15) is 14.4 Å². The van der Waals surface area contributed by atoms with Gasteiger partial charge >= 0.3 is 5.97 Å². The number of esters is 1. The molecule has 0 spiro atoms. The van der Waals surface area contributed by atoms with Gasteiger partial charge in [0, 0.05) is 25.2 Å². The van der Waals surface area contributed by atoms with Crippen molar-refractivity contribution < 1.29 is 19.1 Å². The SMILES string of the molecule is O=CC(CC(=O)CCCC(=O)OCc1ccccc1)Cc1ccccc1. The first-order valence-electron chi connectivity index (χ1n) is 8.88. The Balaban J connectivity index is 1.64. The Morgan fingerprint density at radius 1 is 0.885 bits per heavy atom. The Morgan fingerprint density at radius 3 is 2.12 bits per heavy atom. The molecule has 0 aliphatic rings. The summed E-state index contributed by atoms with van der Waals surface area (Å²) in [7, 11) is 0. The van der Waals surface area contributed by atoms with Crippen LogP contribution in [0.3, 0.4) is 0 Å². The first-order valence-corrected chi connectivity index (χ1v) is 8.88. The van der Waals surface area contributed by atoms with Gasteiger partial charge in [-0.15, -0.1) is 0 Å². The Morgan fingerprint density at radius 2 is 1.50 bits per heavy atom. The van der Waals surface area contributed by atoms with Crippen LogP contribution in [0.5, 0.6) is 0 Å². The van der Waals surface area contributed by atoms with E-state index in [1.807, 2.05) is 60.7 Å². The Hall–Kier alpha value is -2.75. The molecule has 0 saturated carbocycles. The molecule has 0 heterocycles. The van der Waals surface area contributed by atoms with Crippen LogP contribution in [0.1, 0.15) is 36.8 Å². The van der Waals surface area contributed by atoms with Crippen molar-refractivity contribution in [2.24, 2.45) is 5.92 Å². The molecule has 136 valence electrons. The van der Waals surface area contributed by atoms with Crippen molar-refractivity contribution in [1.29, 1.82) is 0 Å². The van der Waals surface area contributed by atoms with Crippen molar-refractivity contribution in [3.8, 4) is 0 Å². The van der Waals surface area contributed by atoms with E-state index in [0.29, 0.717) is 19.3 Å². The van der Waals surface area contributed by atoms with Gasteiger partial charge in [0.2, 0.25) is 0 Å². The zero-order chi connectivity index (χ0) is 18.6. The number of rotatable bonds is 11. The van der Waals surface area contributed by atoms with E-state index in [4.69, 9.17) is 4.74 Å². The molecule has 4 nitrogen and oxygen atoms in total. The highest BCUT2D eigenvalue weighted by molar-refractivity contribution is 5.81. The number of ketones is 1. The quantitative estimate of drug-likeness (QED) is 0.454. The topological polar surface area (TPSA) is 60.4 Å². The first-order chi connectivity index (χ1) is 12.7. The lowest BCUT2D eigenvalue weighted by Gasteiger charge is -2.09. The van der Waals surface area contributed by atoms with Gasteiger partial charge in [0.25, 0.3) is 0 Å². The van der Waals surface area contributed by atoms with Gasteiger partial charge in [0.1, 0.15) is 18.7 Å². The molecule has 0 bridgehead atoms. The van der Waals surface area contributed by atoms with Crippen LogP contribution in [0, 0.1) is 5.92 Å². The summed E-state index contributed by atoms with van der Waals surface area (Å²) in [6.45, 7) is 0.248. The van der Waals surface area contributed by atoms with Crippen molar-refractivity contribution >= 4 is 18.0 Å². The van der Waals surface area contributed by atoms with Crippen LogP contribution in [-0.4, -0.2) is 18.0 Å². The van der Waals surface area contributed by atoms with Gasteiger partial charge in [-0.05, 0) is 24.0 Å². The van der Waals surface area contributed by atoms with Gasteiger partial charge in [-0.1, -0.05) is 60.7 Å². The Kier molecular flexibility index (Phi) is 8.27. The van der Waals surface area contributed by atoms with Crippen LogP contribution in [0.25, 0.3) is 0 Å². The molecule has 4 heteroatoms. The minimum Gasteiger partial charge on any atom is -0.461 e. The van der Waals surface area contributed by atoms with E-state index in [1.54, 1.807) is 0 Å². The lowest BCUT2D eigenvalue weighted by molar-refractivity contribution is -0.145. The van der Waals surface area contributed by atoms with E-state index < -0.39 is 0 Å². The maximum atomic E-state index is 12.1. The van der Waals surface area contributed by atoms with Gasteiger partial charge in [-0.25, -0.2) is 0 Å². The van der Waals surface area contributed by atoms with Gasteiger partial charge < -0.3 is 9.53 Å². The number of Topliss-reactive ketones (excluding diaryl/α,β-unsaturated/α-hetero) is 1. The molecule has 0 aliphatic heterocycles. The predicted molar refractivity (Wildman–Crippen MR) is 99.4 cm³/mol. The van der Waals surface area contributed by atoms with Crippen LogP contribution >= 0.6 is 0 Å². The molecule has 0 radical (unpaired) electrons. The molecule has 2 aromatic carbocycles. The van der Waals surface area contributed by atoms with Crippen molar-refractivity contribution in [3.63, 3.8) is 0 Å². The molecule has 0 N–H and O–H groups in total. The zero-order valence-electron chi connectivity index (χ0n) is 14.8. The summed E-state index contributed by atoms with van der Waals surface area (Å²) in [5.41, 5.74) is 1.98. The molecule has 26 heavy (non-hydrogen) atoms. The maximum absolute atomic E-state index is 12.1. The highest BCUT2D eigenvalue weighted by Crippen LogP contribution is 2.13. The van der Waals surface area contributed by atoms with Crippen LogP contribution in [0.15, 0.2) is 60.7 Å². The third-order valence-corrected chi connectivity index (χ3v) is 4.10. The molecule has 2 rings (SSSR count). The summed E-state index contributed by atoms with van der Waals surface area (Å²) >= 11 is 0. The van der Waals surface area contributed by atoms with Crippen LogP contribution in [0.4, 0.5) is 0 Å². The van der Waals surface area contributed by atoms with Crippen molar-refractivity contribution in [2.75, 3.05) is 0 Å². The van der Waals surface area contributed by atoms with E-state index in [1.165, 1.54) is 0 Å². The lowest BCUT2D eigenvalue weighted by atomic mass is 9.94. The number of carbonyl (C=O) groups excluding carboxylic acids is 3. The minimum absolute atomic E-state index is 0.00823. The Labute approximate surface area is 154 Å². The molecule has 0 fully saturated rings. The van der Waals surface area contributed by atoms with Crippen LogP contribution in [0.2, 0.25) is 0 Å². The average molecular weight is 352 g/mol. The minimum atomic E-state index is -0.310. The number of aldehydes is 1. The van der Waals surface area contributed by atoms with Crippen molar-refractivity contribution in [3.05, 3.63) is 71.8 Å². The number of ether oxygens (including phenoxy) is 1. The highest BCUT2D eigenvalue weighted by Gasteiger charge is 2.14. The van der Waals surface area contributed by atoms with Gasteiger partial charge in [0.05, 0.1) is 0 Å². The number of benzene rings is 2. The smallest absolute Gasteiger partial charge is 0.306 e. The standard InChI is InChI=1S/C22H24O4/c23-16-20(14-18-8-3-1-4-9-18)15-21(24)12-7-13-22(25)26-17-19-10-5-2-6-11-19/h1-6,8-11,16,20H,7,12-15,17H2. The third-order valence-electron chi connectivity index (χ3n) is 4.10. The predicted octanol–water partition coefficient (Wildman–Crippen LogP) is 3.92. The molecule has 0 aromatic heterocycles. The highest BCUT2D eigenvalue weighted by atomic mass is 16.5. The second-order valence-corrected chi connectivity index (χ2v) is 6.33. The number of hydrogen-bond donors (Lipinski definition) is 0. The van der Waals surface area contributed by atoms with Crippen molar-refractivity contribution in [2.45, 2.75) is 38.7 Å². The van der Waals surface area contributed by atoms with Crippen LogP contribution in [-0.2, 0) is 32.1 Å². The molecule has 1 atom stereocenters. The molecular formula is C22H24O4. The summed E-state index contributed by atoms with van der Waals surface area (Å²) in [6, 6.07) is 19.1. The van der Waals surface area contributed by atoms with E-state index in [-0.39, 0.29) is 37.1 Å². The van der Waals surface area contributed by atoms with Crippen LogP contribution < -0.4 is 0 Å². The molecular weight excluding hydrogens is 328 g/mol. The zero-order valence-corrected chi connectivity index (χ0v) is 14.8. The summed E-state index contributed by atoms with van der Waals surface area (Å²) < 4.78 is 5.18. The fourth-order valence-corrected chi connectivity index (χ4v) is 2.72. The monoisotopic (exact) mass is 352 g/mol. The fraction of sp³-hybridized carbons (Fsp3) is 0.318. The number of carbonyl (C=O) groups is 3. The second-order valence-electron chi connectivity index (χ2n) is 6.33. The molecule has 0 saturated heterocycles. The molecule has 0 amide bonds. The van der Waals surface area contributed by atoms with E-state index >= 15 is 0 Å². The average Bonchev–Trinajstić information content (AvgIpc) is 2.67. The van der Waals surface area contributed by atoms with Gasteiger partial charge in [-0.2, -0.15) is 0 Å². The lowest BCUT2D eigenvalue weighted by Crippen LogP contribution is -2.13. The Bertz CT molecular complexity index is 695. The second kappa shape index (κ2) is 11.0. The maximum Gasteiger partial charge on any atom is 0.306 e. The van der Waals surface area contributed by atoms with E-state index in [2.05, 4.69) is 0 Å². The van der Waals surface area contributed by atoms with Gasteiger partial charge in [-0.3, -0.25) is 9.59 Å². The summed E-state index contributed by atoms with van der Waals surface area (Å²) in [6.07, 6.45) is 2.58. The normalized spacial score (nSPS) is 11.5. The summed E-state index contributed by atoms with van der Waals surface area (Å²) in [4.78, 5) is 35.0. The fourth-order valence-electron chi connectivity index (χ4n) is 2.72. The summed E-state index contributed by atoms with van der Waals surface area (Å²) in [5, 5.41) is 0. The molecule has 2 aromatic rings. The van der Waals surface area contributed by atoms with Gasteiger partial charge in [0.15, 0.2) is 0 Å². The first kappa shape index (κ1) is 19.6. The number of hydrogen-bond acceptors (Lipinski definition) is 4. The summed E-state index contributed by atoms with van der Waals surface area (Å²) in [5.74, 6) is -0.610. The third kappa shape index (κ3) is 7.43. The molecule has 1 unspecified atom stereocenters. The largest absolute Gasteiger partial charge is 0.461 e.